The van der Waals surface area contributed by atoms with Crippen molar-refractivity contribution in [3.05, 3.63) is 63.7 Å². The molecule has 0 saturated carbocycles. The molecule has 0 radical (unpaired) electrons. The predicted octanol–water partition coefficient (Wildman–Crippen LogP) is 2.61. The summed E-state index contributed by atoms with van der Waals surface area (Å²) in [6, 6.07) is 10.8. The fourth-order valence-corrected chi connectivity index (χ4v) is 5.51. The average Bonchev–Trinajstić information content (AvgIpc) is 3.38. The molecule has 5 rings (SSSR count). The van der Waals surface area contributed by atoms with E-state index in [-0.39, 0.29) is 11.9 Å². The molecule has 0 aliphatic carbocycles. The maximum Gasteiger partial charge on any atom is 0.338 e. The van der Waals surface area contributed by atoms with Crippen LogP contribution in [0.5, 0.6) is 0 Å². The van der Waals surface area contributed by atoms with Gasteiger partial charge in [0.1, 0.15) is 23.1 Å². The molecule has 3 aromatic rings. The zero-order valence-electron chi connectivity index (χ0n) is 17.4. The highest BCUT2D eigenvalue weighted by molar-refractivity contribution is 7.16. The van der Waals surface area contributed by atoms with Crippen molar-refractivity contribution in [2.75, 3.05) is 25.5 Å². The fraction of sp³-hybridized carbons (Fsp3) is 0.304. The van der Waals surface area contributed by atoms with Crippen LogP contribution in [0.2, 0.25) is 0 Å². The van der Waals surface area contributed by atoms with Gasteiger partial charge < -0.3 is 24.7 Å². The Bertz CT molecular complexity index is 1150. The Kier molecular flexibility index (Phi) is 5.03. The summed E-state index contributed by atoms with van der Waals surface area (Å²) in [7, 11) is 2.18. The quantitative estimate of drug-likeness (QED) is 0.546. The van der Waals surface area contributed by atoms with E-state index in [4.69, 9.17) is 9.15 Å². The first-order valence-electron chi connectivity index (χ1n) is 10.4. The Balaban J connectivity index is 1.36. The van der Waals surface area contributed by atoms with Gasteiger partial charge in [0.2, 0.25) is 0 Å². The summed E-state index contributed by atoms with van der Waals surface area (Å²) >= 11 is 1.68. The first kappa shape index (κ1) is 19.8. The number of thiophene rings is 1. The van der Waals surface area contributed by atoms with Crippen LogP contribution in [0.15, 0.2) is 40.8 Å². The van der Waals surface area contributed by atoms with Crippen molar-refractivity contribution in [1.82, 2.24) is 5.32 Å². The van der Waals surface area contributed by atoms with Crippen LogP contribution in [0.3, 0.4) is 0 Å². The number of nitrogens with one attached hydrogen (secondary N) is 3. The van der Waals surface area contributed by atoms with Gasteiger partial charge in [-0.1, -0.05) is 12.1 Å². The molecule has 0 spiro atoms. The van der Waals surface area contributed by atoms with Crippen molar-refractivity contribution < 1.29 is 23.6 Å². The monoisotopic (exact) mass is 438 g/mol. The minimum atomic E-state index is -0.419. The zero-order valence-corrected chi connectivity index (χ0v) is 18.2. The molecular formula is C23H24N3O4S+. The Morgan fingerprint density at radius 1 is 1.23 bits per heavy atom. The molecule has 0 fully saturated rings. The largest absolute Gasteiger partial charge is 0.462 e. The molecule has 8 heteroatoms. The molecular weight excluding hydrogens is 414 g/mol. The lowest BCUT2D eigenvalue weighted by molar-refractivity contribution is -0.895. The number of hydrogen-bond acceptors (Lipinski definition) is 6. The SMILES string of the molecule is CCOC(=O)c1ccc(-c2ccc([C@H]3NC(=O)c4c(sc5c4CC[NH+](C)C5)N3)o2)cc1. The summed E-state index contributed by atoms with van der Waals surface area (Å²) in [5.41, 5.74) is 3.33. The molecule has 3 N–H and O–H groups in total. The van der Waals surface area contributed by atoms with Crippen LogP contribution in [-0.2, 0) is 17.7 Å². The van der Waals surface area contributed by atoms with Gasteiger partial charge in [-0.25, -0.2) is 4.79 Å². The van der Waals surface area contributed by atoms with Gasteiger partial charge in [0.25, 0.3) is 5.91 Å². The predicted molar refractivity (Wildman–Crippen MR) is 117 cm³/mol. The van der Waals surface area contributed by atoms with E-state index in [0.717, 1.165) is 35.6 Å². The second-order valence-electron chi connectivity index (χ2n) is 7.89. The van der Waals surface area contributed by atoms with Crippen molar-refractivity contribution in [2.45, 2.75) is 26.1 Å². The number of fused-ring (bicyclic) bond motifs is 3. The smallest absolute Gasteiger partial charge is 0.338 e. The van der Waals surface area contributed by atoms with Gasteiger partial charge in [-0.15, -0.1) is 11.3 Å². The summed E-state index contributed by atoms with van der Waals surface area (Å²) in [6.45, 7) is 4.13. The number of ether oxygens (including phenoxy) is 1. The number of amides is 1. The number of carbonyl (C=O) groups is 2. The molecule has 0 saturated heterocycles. The average molecular weight is 439 g/mol. The van der Waals surface area contributed by atoms with Crippen LogP contribution < -0.4 is 15.5 Å². The lowest BCUT2D eigenvalue weighted by Crippen LogP contribution is -3.08. The van der Waals surface area contributed by atoms with Crippen molar-refractivity contribution >= 4 is 28.2 Å². The first-order chi connectivity index (χ1) is 15.0. The number of furan rings is 1. The van der Waals surface area contributed by atoms with E-state index < -0.39 is 6.17 Å². The molecule has 1 unspecified atom stereocenters. The molecule has 31 heavy (non-hydrogen) atoms. The van der Waals surface area contributed by atoms with Crippen LogP contribution in [-0.4, -0.2) is 32.1 Å². The second kappa shape index (κ2) is 7.86. The molecule has 2 aromatic heterocycles. The van der Waals surface area contributed by atoms with Gasteiger partial charge >= 0.3 is 5.97 Å². The van der Waals surface area contributed by atoms with E-state index in [9.17, 15) is 9.59 Å². The van der Waals surface area contributed by atoms with E-state index in [0.29, 0.717) is 23.7 Å². The van der Waals surface area contributed by atoms with Crippen LogP contribution in [0, 0.1) is 0 Å². The van der Waals surface area contributed by atoms with Gasteiger partial charge in [-0.3, -0.25) is 4.79 Å². The van der Waals surface area contributed by atoms with E-state index in [1.54, 1.807) is 30.4 Å². The Hall–Kier alpha value is -3.10. The normalized spacial score (nSPS) is 19.7. The third-order valence-corrected chi connectivity index (χ3v) is 6.89. The van der Waals surface area contributed by atoms with Crippen molar-refractivity contribution in [2.24, 2.45) is 0 Å². The second-order valence-corrected chi connectivity index (χ2v) is 9.00. The van der Waals surface area contributed by atoms with Gasteiger partial charge in [0.05, 0.1) is 36.2 Å². The molecule has 160 valence electrons. The third-order valence-electron chi connectivity index (χ3n) is 5.72. The number of esters is 1. The maximum absolute atomic E-state index is 12.9. The fourth-order valence-electron chi connectivity index (χ4n) is 4.12. The van der Waals surface area contributed by atoms with Gasteiger partial charge in [-0.05, 0) is 36.8 Å². The number of benzene rings is 1. The molecule has 0 bridgehead atoms. The van der Waals surface area contributed by atoms with Crippen molar-refractivity contribution in [1.29, 1.82) is 0 Å². The van der Waals surface area contributed by atoms with E-state index >= 15 is 0 Å². The highest BCUT2D eigenvalue weighted by atomic mass is 32.1. The summed E-state index contributed by atoms with van der Waals surface area (Å²) < 4.78 is 11.1. The number of rotatable bonds is 4. The molecule has 2 aliphatic rings. The molecule has 7 nitrogen and oxygen atoms in total. The Labute approximate surface area is 184 Å². The highest BCUT2D eigenvalue weighted by Gasteiger charge is 2.34. The van der Waals surface area contributed by atoms with E-state index in [2.05, 4.69) is 17.7 Å². The first-order valence-corrected chi connectivity index (χ1v) is 11.3. The topological polar surface area (TPSA) is 85.0 Å². The maximum atomic E-state index is 12.9. The van der Waals surface area contributed by atoms with Crippen LogP contribution >= 0.6 is 11.3 Å². The van der Waals surface area contributed by atoms with E-state index in [1.165, 1.54) is 15.3 Å². The number of quaternary nitrogens is 1. The minimum absolute atomic E-state index is 0.0486. The molecule has 4 heterocycles. The Morgan fingerprint density at radius 2 is 2.03 bits per heavy atom. The van der Waals surface area contributed by atoms with Crippen molar-refractivity contribution in [3.8, 4) is 11.3 Å². The van der Waals surface area contributed by atoms with Gasteiger partial charge in [-0.2, -0.15) is 0 Å². The third kappa shape index (κ3) is 3.62. The summed E-state index contributed by atoms with van der Waals surface area (Å²) in [5, 5.41) is 7.40. The van der Waals surface area contributed by atoms with Crippen LogP contribution in [0.4, 0.5) is 5.00 Å². The summed E-state index contributed by atoms with van der Waals surface area (Å²) in [6.07, 6.45) is 0.511. The number of anilines is 1. The lowest BCUT2D eigenvalue weighted by Gasteiger charge is -2.25. The Morgan fingerprint density at radius 3 is 2.81 bits per heavy atom. The van der Waals surface area contributed by atoms with E-state index in [1.807, 2.05) is 24.3 Å². The van der Waals surface area contributed by atoms with Gasteiger partial charge in [0.15, 0.2) is 6.17 Å². The highest BCUT2D eigenvalue weighted by Crippen LogP contribution is 2.39. The molecule has 1 aromatic carbocycles. The number of carbonyl (C=O) groups excluding carboxylic acids is 2. The number of hydrogen-bond donors (Lipinski definition) is 3. The van der Waals surface area contributed by atoms with Gasteiger partial charge in [0, 0.05) is 12.0 Å². The zero-order chi connectivity index (χ0) is 21.5. The molecule has 2 atom stereocenters. The van der Waals surface area contributed by atoms with Crippen LogP contribution in [0.25, 0.3) is 11.3 Å². The standard InChI is InChI=1S/C23H23N3O4S/c1-3-29-23(28)14-6-4-13(5-7-14)16-8-9-17(30-16)20-24-21(27)19-15-10-11-26(2)12-18(15)31-22(19)25-20/h4-9,20,25H,3,10-12H2,1-2H3,(H,24,27)/p+1/t20-/m0/s1. The number of likely N-dealkylation sites (N-methyl/N-ethyl adjacent to an activating group) is 1. The molecule has 2 aliphatic heterocycles. The summed E-state index contributed by atoms with van der Waals surface area (Å²) in [4.78, 5) is 27.5. The lowest BCUT2D eigenvalue weighted by atomic mass is 10.0. The molecule has 1 amide bonds. The van der Waals surface area contributed by atoms with Crippen molar-refractivity contribution in [3.63, 3.8) is 0 Å². The van der Waals surface area contributed by atoms with Crippen LogP contribution in [0.1, 0.15) is 50.0 Å². The summed E-state index contributed by atoms with van der Waals surface area (Å²) in [5.74, 6) is 0.915. The minimum Gasteiger partial charge on any atom is -0.462 e.